The third kappa shape index (κ3) is 3.53. The molecule has 7 heteroatoms. The Morgan fingerprint density at radius 2 is 1.94 bits per heavy atom. The van der Waals surface area contributed by atoms with Crippen LogP contribution in [0.2, 0.25) is 10.3 Å². The molecule has 1 N–H and O–H groups in total. The second kappa shape index (κ2) is 7.98. The molecule has 2 unspecified atom stereocenters. The number of likely N-dealkylation sites (N-methyl/N-ethyl adjacent to an activating group) is 1. The van der Waals surface area contributed by atoms with E-state index in [0.717, 1.165) is 12.3 Å². The van der Waals surface area contributed by atoms with Crippen molar-refractivity contribution in [2.45, 2.75) is 65.3 Å². The highest BCUT2D eigenvalue weighted by Gasteiger charge is 2.61. The van der Waals surface area contributed by atoms with Crippen molar-refractivity contribution in [1.29, 1.82) is 0 Å². The van der Waals surface area contributed by atoms with Crippen LogP contribution in [0.1, 0.15) is 59.3 Å². The topological polar surface area (TPSA) is 62.3 Å². The molecular weight excluding hydrogens is 457 g/mol. The van der Waals surface area contributed by atoms with Crippen LogP contribution in [0.3, 0.4) is 0 Å². The van der Waals surface area contributed by atoms with Crippen molar-refractivity contribution in [1.82, 2.24) is 9.88 Å². The molecule has 5 nitrogen and oxygen atoms in total. The van der Waals surface area contributed by atoms with Crippen molar-refractivity contribution < 1.29 is 9.59 Å². The summed E-state index contributed by atoms with van der Waals surface area (Å²) < 4.78 is 0. The van der Waals surface area contributed by atoms with Gasteiger partial charge in [0, 0.05) is 18.5 Å². The Labute approximate surface area is 206 Å². The van der Waals surface area contributed by atoms with Crippen LogP contribution >= 0.6 is 23.2 Å². The first-order valence-electron chi connectivity index (χ1n) is 12.2. The molecular formula is C26H33Cl2N3O2. The SMILES string of the molecule is CC1C[C@@H]2[C@@H](CC[C@]3(C)CCC[C@@H]23)[C@@]2(C)C=C(C(=O)Nc3ccc(Cl)nc3Cl)C(=O)N(C)C12. The van der Waals surface area contributed by atoms with Gasteiger partial charge < -0.3 is 10.2 Å². The van der Waals surface area contributed by atoms with Crippen LogP contribution in [-0.4, -0.2) is 34.8 Å². The number of hydrogen-bond acceptors (Lipinski definition) is 3. The van der Waals surface area contributed by atoms with Gasteiger partial charge in [0.25, 0.3) is 11.8 Å². The van der Waals surface area contributed by atoms with Gasteiger partial charge in [0.05, 0.1) is 5.69 Å². The number of pyridine rings is 1. The summed E-state index contributed by atoms with van der Waals surface area (Å²) in [5, 5.41) is 3.15. The molecule has 2 amide bonds. The third-order valence-electron chi connectivity index (χ3n) is 9.57. The fourth-order valence-electron chi connectivity index (χ4n) is 8.31. The molecule has 1 aliphatic heterocycles. The zero-order valence-electron chi connectivity index (χ0n) is 19.8. The lowest BCUT2D eigenvalue weighted by Crippen LogP contribution is -2.63. The van der Waals surface area contributed by atoms with Crippen LogP contribution in [-0.2, 0) is 9.59 Å². The van der Waals surface area contributed by atoms with Gasteiger partial charge in [-0.1, -0.05) is 56.5 Å². The van der Waals surface area contributed by atoms with Crippen molar-refractivity contribution >= 4 is 40.7 Å². The highest BCUT2D eigenvalue weighted by Crippen LogP contribution is 2.65. The quantitative estimate of drug-likeness (QED) is 0.410. The van der Waals surface area contributed by atoms with Gasteiger partial charge >= 0.3 is 0 Å². The zero-order chi connectivity index (χ0) is 23.7. The van der Waals surface area contributed by atoms with Crippen molar-refractivity contribution in [3.63, 3.8) is 0 Å². The molecule has 0 spiro atoms. The first-order chi connectivity index (χ1) is 15.5. The fourth-order valence-corrected chi connectivity index (χ4v) is 8.70. The van der Waals surface area contributed by atoms with E-state index in [4.69, 9.17) is 23.2 Å². The number of aromatic nitrogens is 1. The molecule has 178 valence electrons. The predicted molar refractivity (Wildman–Crippen MR) is 131 cm³/mol. The molecule has 3 fully saturated rings. The Balaban J connectivity index is 1.51. The maximum atomic E-state index is 13.4. The summed E-state index contributed by atoms with van der Waals surface area (Å²) in [5.74, 6) is 1.62. The Kier molecular flexibility index (Phi) is 5.60. The van der Waals surface area contributed by atoms with E-state index in [1.165, 1.54) is 32.1 Å². The van der Waals surface area contributed by atoms with E-state index in [2.05, 4.69) is 31.1 Å². The van der Waals surface area contributed by atoms with Crippen LogP contribution in [0.25, 0.3) is 0 Å². The van der Waals surface area contributed by atoms with Crippen molar-refractivity contribution in [2.75, 3.05) is 12.4 Å². The minimum Gasteiger partial charge on any atom is -0.337 e. The number of amides is 2. The minimum atomic E-state index is -0.436. The van der Waals surface area contributed by atoms with Gasteiger partial charge in [0.2, 0.25) is 0 Å². The Morgan fingerprint density at radius 3 is 2.67 bits per heavy atom. The van der Waals surface area contributed by atoms with Gasteiger partial charge in [-0.05, 0) is 73.3 Å². The van der Waals surface area contributed by atoms with E-state index in [1.54, 1.807) is 12.1 Å². The summed E-state index contributed by atoms with van der Waals surface area (Å²) in [6.45, 7) is 7.08. The summed E-state index contributed by atoms with van der Waals surface area (Å²) in [4.78, 5) is 32.5. The molecule has 0 radical (unpaired) electrons. The van der Waals surface area contributed by atoms with Gasteiger partial charge in [-0.25, -0.2) is 4.98 Å². The summed E-state index contributed by atoms with van der Waals surface area (Å²) in [6.07, 6.45) is 9.58. The molecule has 33 heavy (non-hydrogen) atoms. The molecule has 4 aliphatic rings. The molecule has 1 aromatic heterocycles. The van der Waals surface area contributed by atoms with Gasteiger partial charge in [-0.15, -0.1) is 0 Å². The largest absolute Gasteiger partial charge is 0.337 e. The first kappa shape index (κ1) is 23.2. The van der Waals surface area contributed by atoms with Gasteiger partial charge in [0.15, 0.2) is 5.15 Å². The second-order valence-corrected chi connectivity index (χ2v) is 12.1. The molecule has 3 aliphatic carbocycles. The summed E-state index contributed by atoms with van der Waals surface area (Å²) in [6, 6.07) is 3.28. The van der Waals surface area contributed by atoms with Gasteiger partial charge in [-0.2, -0.15) is 0 Å². The molecule has 3 saturated carbocycles. The molecule has 2 heterocycles. The van der Waals surface area contributed by atoms with E-state index in [0.29, 0.717) is 28.9 Å². The molecule has 1 aromatic rings. The number of carbonyl (C=O) groups excluding carboxylic acids is 2. The highest BCUT2D eigenvalue weighted by atomic mass is 35.5. The standard InChI is InChI=1S/C26H33Cl2N3O2/c1-14-12-15-17-6-5-10-25(17,2)11-9-18(15)26(3)13-16(24(33)31(4)21(14)26)23(32)29-19-7-8-20(27)30-22(19)28/h7-8,13-15,17-18,21H,5-6,9-12H2,1-4H3,(H,29,32)/t14?,15-,17-,18+,21?,25-,26+/m0/s1. The van der Waals surface area contributed by atoms with Gasteiger partial charge in [0.1, 0.15) is 10.7 Å². The smallest absolute Gasteiger partial charge is 0.261 e. The average Bonchev–Trinajstić information content (AvgIpc) is 3.14. The predicted octanol–water partition coefficient (Wildman–Crippen LogP) is 5.97. The van der Waals surface area contributed by atoms with E-state index in [-0.39, 0.29) is 33.2 Å². The first-order valence-corrected chi connectivity index (χ1v) is 12.9. The normalized spacial score (nSPS) is 39.9. The number of rotatable bonds is 2. The number of fused-ring (bicyclic) bond motifs is 5. The van der Waals surface area contributed by atoms with E-state index >= 15 is 0 Å². The number of anilines is 1. The number of nitrogens with one attached hydrogen (secondary N) is 1. The van der Waals surface area contributed by atoms with Gasteiger partial charge in [-0.3, -0.25) is 9.59 Å². The molecule has 0 aromatic carbocycles. The second-order valence-electron chi connectivity index (χ2n) is 11.4. The molecule has 5 rings (SSSR count). The van der Waals surface area contributed by atoms with Crippen molar-refractivity contribution in [3.05, 3.63) is 34.1 Å². The average molecular weight is 490 g/mol. The Morgan fingerprint density at radius 1 is 1.18 bits per heavy atom. The third-order valence-corrected chi connectivity index (χ3v) is 10.1. The fraction of sp³-hybridized carbons (Fsp3) is 0.654. The van der Waals surface area contributed by atoms with E-state index in [9.17, 15) is 9.59 Å². The van der Waals surface area contributed by atoms with Crippen LogP contribution in [0.15, 0.2) is 23.8 Å². The van der Waals surface area contributed by atoms with Crippen LogP contribution in [0.4, 0.5) is 5.69 Å². The summed E-state index contributed by atoms with van der Waals surface area (Å²) in [7, 11) is 1.86. The highest BCUT2D eigenvalue weighted by molar-refractivity contribution is 6.35. The zero-order valence-corrected chi connectivity index (χ0v) is 21.3. The molecule has 7 atom stereocenters. The number of halogens is 2. The number of hydrogen-bond donors (Lipinski definition) is 1. The Bertz CT molecular complexity index is 1040. The minimum absolute atomic E-state index is 0.106. The van der Waals surface area contributed by atoms with Crippen LogP contribution < -0.4 is 5.32 Å². The number of nitrogens with zero attached hydrogens (tertiary/aromatic N) is 2. The van der Waals surface area contributed by atoms with Crippen LogP contribution in [0, 0.1) is 34.5 Å². The molecule has 0 bridgehead atoms. The summed E-state index contributed by atoms with van der Waals surface area (Å²) >= 11 is 12.1. The lowest BCUT2D eigenvalue weighted by Gasteiger charge is -2.62. The Hall–Kier alpha value is -1.59. The maximum Gasteiger partial charge on any atom is 0.261 e. The lowest BCUT2D eigenvalue weighted by atomic mass is 9.46. The van der Waals surface area contributed by atoms with E-state index in [1.807, 2.05) is 18.0 Å². The van der Waals surface area contributed by atoms with E-state index < -0.39 is 5.91 Å². The maximum absolute atomic E-state index is 13.4. The lowest BCUT2D eigenvalue weighted by molar-refractivity contribution is -0.146. The number of carbonyl (C=O) groups is 2. The molecule has 0 saturated heterocycles. The van der Waals surface area contributed by atoms with Crippen molar-refractivity contribution in [2.24, 2.45) is 34.5 Å². The summed E-state index contributed by atoms with van der Waals surface area (Å²) in [5.41, 5.74) is 0.783. The monoisotopic (exact) mass is 489 g/mol. The van der Waals surface area contributed by atoms with Crippen molar-refractivity contribution in [3.8, 4) is 0 Å². The van der Waals surface area contributed by atoms with Crippen LogP contribution in [0.5, 0.6) is 0 Å².